The summed E-state index contributed by atoms with van der Waals surface area (Å²) in [6.07, 6.45) is 0. The Labute approximate surface area is 138 Å². The van der Waals surface area contributed by atoms with Crippen LogP contribution >= 0.6 is 11.6 Å². The fourth-order valence-electron chi connectivity index (χ4n) is 1.91. The first-order valence-electron chi connectivity index (χ1n) is 6.41. The molecule has 6 nitrogen and oxygen atoms in total. The van der Waals surface area contributed by atoms with Gasteiger partial charge in [0.1, 0.15) is 5.75 Å². The van der Waals surface area contributed by atoms with Crippen LogP contribution in [0.3, 0.4) is 0 Å². The summed E-state index contributed by atoms with van der Waals surface area (Å²) in [5.74, 6) is -0.954. The van der Waals surface area contributed by atoms with Crippen LogP contribution in [0.2, 0.25) is 5.02 Å². The lowest BCUT2D eigenvalue weighted by atomic mass is 10.2. The van der Waals surface area contributed by atoms with Crippen molar-refractivity contribution < 1.29 is 23.1 Å². The highest BCUT2D eigenvalue weighted by Gasteiger charge is 2.22. The minimum atomic E-state index is -3.94. The number of nitrogens with zero attached hydrogens (tertiary/aromatic N) is 1. The molecule has 8 heteroatoms. The highest BCUT2D eigenvalue weighted by Crippen LogP contribution is 2.26. The van der Waals surface area contributed by atoms with Crippen LogP contribution in [0.4, 0.5) is 5.69 Å². The summed E-state index contributed by atoms with van der Waals surface area (Å²) in [5, 5.41) is 10.9. The second-order valence-corrected chi connectivity index (χ2v) is 6.98. The van der Waals surface area contributed by atoms with Gasteiger partial charge >= 0.3 is 0 Å². The number of benzene rings is 2. The molecule has 0 aromatic heterocycles. The number of halogens is 1. The first-order chi connectivity index (χ1) is 10.8. The molecule has 0 saturated carbocycles. The van der Waals surface area contributed by atoms with Gasteiger partial charge in [0, 0.05) is 17.6 Å². The molecular formula is C15H13ClNO5S-. The van der Waals surface area contributed by atoms with Crippen LogP contribution in [-0.4, -0.2) is 28.5 Å². The lowest BCUT2D eigenvalue weighted by molar-refractivity contribution is -0.255. The Bertz CT molecular complexity index is 833. The van der Waals surface area contributed by atoms with E-state index in [0.29, 0.717) is 11.4 Å². The van der Waals surface area contributed by atoms with Crippen molar-refractivity contribution in [3.63, 3.8) is 0 Å². The summed E-state index contributed by atoms with van der Waals surface area (Å²) in [6.45, 7) is 0. The number of methoxy groups -OCH3 is 1. The van der Waals surface area contributed by atoms with Gasteiger partial charge in [-0.05, 0) is 42.5 Å². The second kappa shape index (κ2) is 6.47. The molecule has 0 aliphatic rings. The monoisotopic (exact) mass is 354 g/mol. The van der Waals surface area contributed by atoms with Crippen molar-refractivity contribution in [3.8, 4) is 5.75 Å². The van der Waals surface area contributed by atoms with E-state index in [1.807, 2.05) is 0 Å². The Kier molecular flexibility index (Phi) is 4.82. The van der Waals surface area contributed by atoms with Crippen molar-refractivity contribution >= 4 is 33.3 Å². The van der Waals surface area contributed by atoms with Crippen molar-refractivity contribution in [2.45, 2.75) is 4.90 Å². The van der Waals surface area contributed by atoms with E-state index >= 15 is 0 Å². The SMILES string of the molecule is COc1ccc(N(C)S(=O)(=O)c2ccc(Cl)c(C(=O)[O-])c2)cc1. The quantitative estimate of drug-likeness (QED) is 0.812. The average molecular weight is 355 g/mol. The zero-order chi connectivity index (χ0) is 17.2. The Balaban J connectivity index is 2.44. The molecule has 2 aromatic rings. The summed E-state index contributed by atoms with van der Waals surface area (Å²) >= 11 is 5.73. The van der Waals surface area contributed by atoms with E-state index in [9.17, 15) is 18.3 Å². The van der Waals surface area contributed by atoms with E-state index in [2.05, 4.69) is 0 Å². The van der Waals surface area contributed by atoms with E-state index in [0.717, 1.165) is 10.4 Å². The van der Waals surface area contributed by atoms with E-state index < -0.39 is 16.0 Å². The minimum Gasteiger partial charge on any atom is -0.545 e. The first-order valence-corrected chi connectivity index (χ1v) is 8.23. The van der Waals surface area contributed by atoms with Gasteiger partial charge in [0.2, 0.25) is 0 Å². The molecule has 2 aromatic carbocycles. The minimum absolute atomic E-state index is 0.0870. The van der Waals surface area contributed by atoms with Crippen LogP contribution in [0.5, 0.6) is 5.75 Å². The van der Waals surface area contributed by atoms with Crippen molar-refractivity contribution in [1.82, 2.24) is 0 Å². The van der Waals surface area contributed by atoms with Crippen molar-refractivity contribution in [2.75, 3.05) is 18.5 Å². The topological polar surface area (TPSA) is 86.7 Å². The van der Waals surface area contributed by atoms with Crippen LogP contribution in [0.1, 0.15) is 10.4 Å². The number of hydrogen-bond donors (Lipinski definition) is 0. The van der Waals surface area contributed by atoms with Gasteiger partial charge in [0.05, 0.1) is 23.7 Å². The van der Waals surface area contributed by atoms with Gasteiger partial charge in [-0.15, -0.1) is 0 Å². The van der Waals surface area contributed by atoms with E-state index in [-0.39, 0.29) is 15.5 Å². The number of anilines is 1. The summed E-state index contributed by atoms with van der Waals surface area (Å²) in [5.41, 5.74) is 0.0200. The lowest BCUT2D eigenvalue weighted by Crippen LogP contribution is -2.28. The van der Waals surface area contributed by atoms with Crippen molar-refractivity contribution in [2.24, 2.45) is 0 Å². The third-order valence-corrected chi connectivity index (χ3v) is 5.36. The molecule has 0 radical (unpaired) electrons. The maximum atomic E-state index is 12.6. The predicted octanol–water partition coefficient (Wildman–Crippen LogP) is 1.54. The highest BCUT2D eigenvalue weighted by molar-refractivity contribution is 7.92. The van der Waals surface area contributed by atoms with Gasteiger partial charge in [-0.3, -0.25) is 4.31 Å². The maximum Gasteiger partial charge on any atom is 0.264 e. The van der Waals surface area contributed by atoms with E-state index in [1.54, 1.807) is 24.3 Å². The molecule has 0 amide bonds. The maximum absolute atomic E-state index is 12.6. The van der Waals surface area contributed by atoms with Crippen LogP contribution < -0.4 is 14.1 Å². The fourth-order valence-corrected chi connectivity index (χ4v) is 3.33. The summed E-state index contributed by atoms with van der Waals surface area (Å²) < 4.78 is 31.3. The number of ether oxygens (including phenoxy) is 1. The molecule has 0 N–H and O–H groups in total. The number of hydrogen-bond acceptors (Lipinski definition) is 5. The molecule has 0 bridgehead atoms. The standard InChI is InChI=1S/C15H14ClNO5S/c1-17(10-3-5-11(22-2)6-4-10)23(20,21)12-7-8-14(16)13(9-12)15(18)19/h3-9H,1-2H3,(H,18,19)/p-1. The number of carbonyl (C=O) groups is 1. The summed E-state index contributed by atoms with van der Waals surface area (Å²) in [4.78, 5) is 10.8. The molecule has 23 heavy (non-hydrogen) atoms. The van der Waals surface area contributed by atoms with Gasteiger partial charge in [0.15, 0.2) is 0 Å². The molecule has 0 heterocycles. The molecule has 0 spiro atoms. The van der Waals surface area contributed by atoms with Crippen molar-refractivity contribution in [3.05, 3.63) is 53.1 Å². The van der Waals surface area contributed by atoms with Crippen LogP contribution in [0, 0.1) is 0 Å². The third-order valence-electron chi connectivity index (χ3n) is 3.25. The Morgan fingerprint density at radius 3 is 2.30 bits per heavy atom. The van der Waals surface area contributed by atoms with E-state index in [1.165, 1.54) is 26.3 Å². The van der Waals surface area contributed by atoms with Crippen LogP contribution in [-0.2, 0) is 10.0 Å². The highest BCUT2D eigenvalue weighted by atomic mass is 35.5. The van der Waals surface area contributed by atoms with E-state index in [4.69, 9.17) is 16.3 Å². The molecule has 0 atom stereocenters. The molecule has 0 fully saturated rings. The molecule has 0 saturated heterocycles. The second-order valence-electron chi connectivity index (χ2n) is 4.60. The fraction of sp³-hybridized carbons (Fsp3) is 0.133. The summed E-state index contributed by atoms with van der Waals surface area (Å²) in [6, 6.07) is 9.82. The predicted molar refractivity (Wildman–Crippen MR) is 84.4 cm³/mol. The Morgan fingerprint density at radius 2 is 1.78 bits per heavy atom. The number of aromatic carboxylic acids is 1. The zero-order valence-electron chi connectivity index (χ0n) is 12.3. The van der Waals surface area contributed by atoms with Gasteiger partial charge in [-0.2, -0.15) is 0 Å². The smallest absolute Gasteiger partial charge is 0.264 e. The first kappa shape index (κ1) is 17.1. The van der Waals surface area contributed by atoms with Crippen LogP contribution in [0.25, 0.3) is 0 Å². The molecule has 0 aliphatic carbocycles. The molecule has 0 aliphatic heterocycles. The summed E-state index contributed by atoms with van der Waals surface area (Å²) in [7, 11) is -1.07. The molecule has 122 valence electrons. The number of carbonyl (C=O) groups excluding carboxylic acids is 1. The normalized spacial score (nSPS) is 11.1. The number of rotatable bonds is 5. The number of carboxylic acid groups (broad SMARTS) is 1. The van der Waals surface area contributed by atoms with Gasteiger partial charge < -0.3 is 14.6 Å². The molecule has 0 unspecified atom stereocenters. The number of carboxylic acids is 1. The Hall–Kier alpha value is -2.25. The van der Waals surface area contributed by atoms with Crippen molar-refractivity contribution in [1.29, 1.82) is 0 Å². The third kappa shape index (κ3) is 3.40. The lowest BCUT2D eigenvalue weighted by Gasteiger charge is -2.20. The molecular weight excluding hydrogens is 342 g/mol. The van der Waals surface area contributed by atoms with Gasteiger partial charge in [0.25, 0.3) is 10.0 Å². The van der Waals surface area contributed by atoms with Crippen LogP contribution in [0.15, 0.2) is 47.4 Å². The largest absolute Gasteiger partial charge is 0.545 e. The zero-order valence-corrected chi connectivity index (χ0v) is 13.9. The number of sulfonamides is 1. The Morgan fingerprint density at radius 1 is 1.17 bits per heavy atom. The molecule has 2 rings (SSSR count). The average Bonchev–Trinajstić information content (AvgIpc) is 2.54. The van der Waals surface area contributed by atoms with Gasteiger partial charge in [-0.1, -0.05) is 11.6 Å². The van der Waals surface area contributed by atoms with Gasteiger partial charge in [-0.25, -0.2) is 8.42 Å².